The van der Waals surface area contributed by atoms with Crippen LogP contribution in [0.4, 0.5) is 11.4 Å². The molecule has 10 nitrogen and oxygen atoms in total. The maximum atomic E-state index is 13.2. The van der Waals surface area contributed by atoms with Crippen molar-refractivity contribution in [3.8, 4) is 0 Å². The zero-order chi connectivity index (χ0) is 22.5. The highest BCUT2D eigenvalue weighted by atomic mass is 32.2. The lowest BCUT2D eigenvalue weighted by atomic mass is 9.96. The number of esters is 1. The number of benzene rings is 1. The van der Waals surface area contributed by atoms with Crippen molar-refractivity contribution in [1.82, 2.24) is 4.90 Å². The van der Waals surface area contributed by atoms with E-state index < -0.39 is 26.9 Å². The monoisotopic (exact) mass is 441 g/mol. The van der Waals surface area contributed by atoms with E-state index >= 15 is 0 Å². The van der Waals surface area contributed by atoms with Crippen LogP contribution in [0.25, 0.3) is 0 Å². The van der Waals surface area contributed by atoms with E-state index in [2.05, 4.69) is 0 Å². The van der Waals surface area contributed by atoms with Gasteiger partial charge in [0.15, 0.2) is 0 Å². The Hall–Kier alpha value is -2.69. The van der Waals surface area contributed by atoms with Gasteiger partial charge in [-0.05, 0) is 32.3 Å². The molecule has 1 fully saturated rings. The minimum Gasteiger partial charge on any atom is -0.466 e. The van der Waals surface area contributed by atoms with Crippen LogP contribution in [-0.2, 0) is 24.3 Å². The summed E-state index contributed by atoms with van der Waals surface area (Å²) < 4.78 is 31.1. The quantitative estimate of drug-likeness (QED) is 0.343. The number of nitrogens with zero attached hydrogens (tertiary/aromatic N) is 3. The van der Waals surface area contributed by atoms with Gasteiger partial charge in [0.1, 0.15) is 6.04 Å². The first-order chi connectivity index (χ1) is 14.1. The molecule has 0 unspecified atom stereocenters. The first kappa shape index (κ1) is 23.6. The summed E-state index contributed by atoms with van der Waals surface area (Å²) in [5.74, 6) is -0.959. The summed E-state index contributed by atoms with van der Waals surface area (Å²) in [5.41, 5.74) is -0.202. The molecule has 1 heterocycles. The second kappa shape index (κ2) is 9.88. The molecule has 11 heteroatoms. The van der Waals surface area contributed by atoms with Crippen LogP contribution in [0, 0.1) is 16.0 Å². The van der Waals surface area contributed by atoms with Gasteiger partial charge in [0.05, 0.1) is 29.4 Å². The average Bonchev–Trinajstić information content (AvgIpc) is 2.70. The Morgan fingerprint density at radius 1 is 1.30 bits per heavy atom. The average molecular weight is 442 g/mol. The second-order valence-electron chi connectivity index (χ2n) is 7.11. The van der Waals surface area contributed by atoms with E-state index in [1.165, 1.54) is 18.2 Å². The van der Waals surface area contributed by atoms with Gasteiger partial charge in [0, 0.05) is 25.2 Å². The van der Waals surface area contributed by atoms with E-state index in [0.29, 0.717) is 32.5 Å². The lowest BCUT2D eigenvalue weighted by Crippen LogP contribution is -2.52. The fourth-order valence-corrected chi connectivity index (χ4v) is 4.79. The number of amides is 1. The Morgan fingerprint density at radius 2 is 1.93 bits per heavy atom. The van der Waals surface area contributed by atoms with Crippen LogP contribution in [0.2, 0.25) is 0 Å². The molecule has 0 radical (unpaired) electrons. The lowest BCUT2D eigenvalue weighted by Gasteiger charge is -2.37. The molecule has 0 spiro atoms. The highest BCUT2D eigenvalue weighted by molar-refractivity contribution is 7.92. The van der Waals surface area contributed by atoms with Gasteiger partial charge >= 0.3 is 5.97 Å². The summed E-state index contributed by atoms with van der Waals surface area (Å²) in [6.07, 6.45) is 2.04. The smallest absolute Gasteiger partial charge is 0.309 e. The van der Waals surface area contributed by atoms with Crippen molar-refractivity contribution >= 4 is 33.3 Å². The van der Waals surface area contributed by atoms with E-state index in [9.17, 15) is 28.1 Å². The molecule has 0 bridgehead atoms. The minimum absolute atomic E-state index is 0.0632. The minimum atomic E-state index is -3.90. The Bertz CT molecular complexity index is 895. The lowest BCUT2D eigenvalue weighted by molar-refractivity contribution is -0.384. The van der Waals surface area contributed by atoms with Gasteiger partial charge in [-0.15, -0.1) is 0 Å². The van der Waals surface area contributed by atoms with Crippen LogP contribution in [0.3, 0.4) is 0 Å². The summed E-state index contributed by atoms with van der Waals surface area (Å²) >= 11 is 0. The van der Waals surface area contributed by atoms with Crippen LogP contribution in [0.1, 0.15) is 33.1 Å². The fraction of sp³-hybridized carbons (Fsp3) is 0.579. The molecular formula is C19H27N3O7S. The number of ether oxygens (including phenoxy) is 1. The number of piperidine rings is 1. The Morgan fingerprint density at radius 3 is 2.43 bits per heavy atom. The van der Waals surface area contributed by atoms with Crippen LogP contribution in [0.5, 0.6) is 0 Å². The van der Waals surface area contributed by atoms with Crippen LogP contribution in [-0.4, -0.2) is 62.1 Å². The summed E-state index contributed by atoms with van der Waals surface area (Å²) in [4.78, 5) is 37.1. The number of anilines is 1. The summed E-state index contributed by atoms with van der Waals surface area (Å²) in [6, 6.07) is 4.17. The summed E-state index contributed by atoms with van der Waals surface area (Å²) in [6.45, 7) is 4.33. The highest BCUT2D eigenvalue weighted by Gasteiger charge is 2.37. The molecular weight excluding hydrogens is 414 g/mol. The molecule has 1 atom stereocenters. The number of hydrogen-bond donors (Lipinski definition) is 0. The molecule has 2 rings (SSSR count). The van der Waals surface area contributed by atoms with Crippen LogP contribution in [0.15, 0.2) is 24.3 Å². The van der Waals surface area contributed by atoms with Gasteiger partial charge in [0.25, 0.3) is 5.69 Å². The number of sulfonamides is 1. The van der Waals surface area contributed by atoms with Crippen molar-refractivity contribution in [3.05, 3.63) is 34.4 Å². The van der Waals surface area contributed by atoms with Crippen LogP contribution >= 0.6 is 0 Å². The van der Waals surface area contributed by atoms with Crippen molar-refractivity contribution < 1.29 is 27.7 Å². The molecule has 1 aliphatic heterocycles. The Labute approximate surface area is 176 Å². The van der Waals surface area contributed by atoms with Gasteiger partial charge in [-0.25, -0.2) is 8.42 Å². The predicted molar refractivity (Wildman–Crippen MR) is 110 cm³/mol. The zero-order valence-corrected chi connectivity index (χ0v) is 18.1. The summed E-state index contributed by atoms with van der Waals surface area (Å²) in [5, 5.41) is 11.1. The van der Waals surface area contributed by atoms with Gasteiger partial charge in [-0.2, -0.15) is 0 Å². The molecule has 0 aliphatic carbocycles. The van der Waals surface area contributed by atoms with E-state index in [-0.39, 0.29) is 29.7 Å². The van der Waals surface area contributed by atoms with E-state index in [1.807, 2.05) is 0 Å². The number of carbonyl (C=O) groups excluding carboxylic acids is 2. The highest BCUT2D eigenvalue weighted by Crippen LogP contribution is 2.28. The number of nitro benzene ring substituents is 1. The largest absolute Gasteiger partial charge is 0.466 e. The van der Waals surface area contributed by atoms with Gasteiger partial charge in [-0.1, -0.05) is 13.0 Å². The number of hydrogen-bond acceptors (Lipinski definition) is 7. The standard InChI is InChI=1S/C19H27N3O7S/c1-4-17(18(23)20-11-9-14(10-12-20)19(24)29-5-2)21(30(3,27)28)15-7-6-8-16(13-15)22(25)26/h6-8,13-14,17H,4-5,9-12H2,1-3H3/t17-/m1/s1. The fourth-order valence-electron chi connectivity index (χ4n) is 3.59. The first-order valence-electron chi connectivity index (χ1n) is 9.79. The first-order valence-corrected chi connectivity index (χ1v) is 11.6. The number of non-ortho nitro benzene ring substituents is 1. The molecule has 0 aromatic heterocycles. The third kappa shape index (κ3) is 5.47. The number of likely N-dealkylation sites (tertiary alicyclic amines) is 1. The molecule has 1 saturated heterocycles. The molecule has 1 aromatic rings. The normalized spacial score (nSPS) is 16.0. The number of rotatable bonds is 8. The molecule has 0 N–H and O–H groups in total. The third-order valence-electron chi connectivity index (χ3n) is 5.03. The third-order valence-corrected chi connectivity index (χ3v) is 6.21. The van der Waals surface area contributed by atoms with E-state index in [4.69, 9.17) is 4.74 Å². The van der Waals surface area contributed by atoms with Gasteiger partial charge in [0.2, 0.25) is 15.9 Å². The Balaban J connectivity index is 2.26. The number of carbonyl (C=O) groups is 2. The predicted octanol–water partition coefficient (Wildman–Crippen LogP) is 1.94. The van der Waals surface area contributed by atoms with Crippen molar-refractivity contribution in [2.45, 2.75) is 39.2 Å². The van der Waals surface area contributed by atoms with Crippen LogP contribution < -0.4 is 4.31 Å². The second-order valence-corrected chi connectivity index (χ2v) is 8.97. The SMILES string of the molecule is CCOC(=O)C1CCN(C(=O)[C@@H](CC)N(c2cccc([N+](=O)[O-])c2)S(C)(=O)=O)CC1. The van der Waals surface area contributed by atoms with Crippen molar-refractivity contribution in [1.29, 1.82) is 0 Å². The number of nitro groups is 1. The maximum absolute atomic E-state index is 13.2. The van der Waals surface area contributed by atoms with Gasteiger partial charge in [-0.3, -0.25) is 24.0 Å². The van der Waals surface area contributed by atoms with E-state index in [1.54, 1.807) is 18.7 Å². The Kier molecular flexibility index (Phi) is 7.77. The van der Waals surface area contributed by atoms with Gasteiger partial charge < -0.3 is 9.64 Å². The maximum Gasteiger partial charge on any atom is 0.309 e. The van der Waals surface area contributed by atoms with E-state index in [0.717, 1.165) is 16.6 Å². The topological polar surface area (TPSA) is 127 Å². The van der Waals surface area contributed by atoms with Crippen molar-refractivity contribution in [3.63, 3.8) is 0 Å². The molecule has 30 heavy (non-hydrogen) atoms. The molecule has 1 amide bonds. The molecule has 0 saturated carbocycles. The molecule has 166 valence electrons. The van der Waals surface area contributed by atoms with Crippen molar-refractivity contribution in [2.75, 3.05) is 30.3 Å². The molecule has 1 aliphatic rings. The molecule has 1 aromatic carbocycles. The zero-order valence-electron chi connectivity index (χ0n) is 17.3. The summed E-state index contributed by atoms with van der Waals surface area (Å²) in [7, 11) is -3.90. The van der Waals surface area contributed by atoms with Crippen molar-refractivity contribution in [2.24, 2.45) is 5.92 Å².